The molecule has 0 saturated carbocycles. The zero-order chi connectivity index (χ0) is 23.6. The van der Waals surface area contributed by atoms with E-state index in [4.69, 9.17) is 0 Å². The van der Waals surface area contributed by atoms with Gasteiger partial charge in [-0.2, -0.15) is 0 Å². The lowest BCUT2D eigenvalue weighted by Gasteiger charge is -2.21. The molecule has 1 aromatic heterocycles. The molecule has 35 heavy (non-hydrogen) atoms. The third-order valence-corrected chi connectivity index (χ3v) is 7.59. The van der Waals surface area contributed by atoms with Crippen molar-refractivity contribution in [2.45, 2.75) is 19.3 Å². The summed E-state index contributed by atoms with van der Waals surface area (Å²) in [6.07, 6.45) is 0. The third-order valence-electron chi connectivity index (χ3n) is 7.59. The van der Waals surface area contributed by atoms with Gasteiger partial charge in [0.15, 0.2) is 0 Å². The zero-order valence-corrected chi connectivity index (χ0v) is 19.9. The maximum atomic E-state index is 3.72. The molecule has 0 aliphatic heterocycles. The van der Waals surface area contributed by atoms with Crippen molar-refractivity contribution in [1.82, 2.24) is 4.57 Å². The van der Waals surface area contributed by atoms with Crippen LogP contribution in [0, 0.1) is 0 Å². The van der Waals surface area contributed by atoms with Crippen molar-refractivity contribution in [3.05, 3.63) is 126 Å². The van der Waals surface area contributed by atoms with Crippen molar-refractivity contribution in [2.24, 2.45) is 0 Å². The Morgan fingerprint density at radius 2 is 1.17 bits per heavy atom. The molecule has 1 heterocycles. The van der Waals surface area contributed by atoms with Gasteiger partial charge in [-0.25, -0.2) is 0 Å². The maximum Gasteiger partial charge on any atom is 0.0541 e. The summed E-state index contributed by atoms with van der Waals surface area (Å²) in [7, 11) is 0. The fraction of sp³-hybridized carbons (Fsp3) is 0.0909. The lowest BCUT2D eigenvalue weighted by Crippen LogP contribution is -2.14. The number of hydrogen-bond acceptors (Lipinski definition) is 1. The van der Waals surface area contributed by atoms with E-state index in [2.05, 4.69) is 139 Å². The molecule has 0 fully saturated rings. The molecule has 0 saturated heterocycles. The highest BCUT2D eigenvalue weighted by molar-refractivity contribution is 6.09. The van der Waals surface area contributed by atoms with Gasteiger partial charge in [0, 0.05) is 38.8 Å². The molecular formula is C33H26N2. The van der Waals surface area contributed by atoms with E-state index in [1.54, 1.807) is 0 Å². The van der Waals surface area contributed by atoms with Gasteiger partial charge in [0.05, 0.1) is 11.0 Å². The highest BCUT2D eigenvalue weighted by Gasteiger charge is 2.36. The van der Waals surface area contributed by atoms with Gasteiger partial charge in [0.2, 0.25) is 0 Å². The standard InChI is InChI=1S/C33H26N2/c1-33(2)27-13-6-3-12-26(27)32-28(33)14-9-15-29(32)34-22-18-20-23(21-19-22)35-30-16-7-4-10-24(30)25-11-5-8-17-31(25)35/h3-21,34H,1-2H3. The molecule has 7 rings (SSSR count). The van der Waals surface area contributed by atoms with Crippen LogP contribution in [0.1, 0.15) is 25.0 Å². The summed E-state index contributed by atoms with van der Waals surface area (Å²) in [4.78, 5) is 0. The molecule has 5 aromatic carbocycles. The predicted octanol–water partition coefficient (Wildman–Crippen LogP) is 8.83. The Morgan fingerprint density at radius 3 is 1.89 bits per heavy atom. The molecule has 2 heteroatoms. The van der Waals surface area contributed by atoms with Gasteiger partial charge in [-0.1, -0.05) is 86.6 Å². The second kappa shape index (κ2) is 7.35. The van der Waals surface area contributed by atoms with Crippen LogP contribution in [0.5, 0.6) is 0 Å². The van der Waals surface area contributed by atoms with Gasteiger partial charge in [0.25, 0.3) is 0 Å². The van der Waals surface area contributed by atoms with Gasteiger partial charge in [-0.3, -0.25) is 0 Å². The highest BCUT2D eigenvalue weighted by atomic mass is 15.0. The molecule has 2 nitrogen and oxygen atoms in total. The summed E-state index contributed by atoms with van der Waals surface area (Å²) in [5.74, 6) is 0. The molecule has 168 valence electrons. The van der Waals surface area contributed by atoms with Crippen molar-refractivity contribution in [2.75, 3.05) is 5.32 Å². The van der Waals surface area contributed by atoms with E-state index in [-0.39, 0.29) is 5.41 Å². The summed E-state index contributed by atoms with van der Waals surface area (Å²) in [6, 6.07) is 41.5. The molecule has 0 bridgehead atoms. The predicted molar refractivity (Wildman–Crippen MR) is 148 cm³/mol. The van der Waals surface area contributed by atoms with Crippen molar-refractivity contribution in [3.63, 3.8) is 0 Å². The number of nitrogens with zero attached hydrogens (tertiary/aromatic N) is 1. The van der Waals surface area contributed by atoms with Crippen LogP contribution in [-0.4, -0.2) is 4.57 Å². The fourth-order valence-corrected chi connectivity index (χ4v) is 5.91. The number of benzene rings is 5. The second-order valence-corrected chi connectivity index (χ2v) is 9.94. The molecule has 0 spiro atoms. The molecule has 1 aliphatic carbocycles. The van der Waals surface area contributed by atoms with Crippen LogP contribution in [0.2, 0.25) is 0 Å². The Kier molecular flexibility index (Phi) is 4.22. The molecule has 0 unspecified atom stereocenters. The Bertz CT molecular complexity index is 1680. The van der Waals surface area contributed by atoms with Crippen LogP contribution in [0.15, 0.2) is 115 Å². The summed E-state index contributed by atoms with van der Waals surface area (Å²) in [5, 5.41) is 6.29. The van der Waals surface area contributed by atoms with Crippen molar-refractivity contribution >= 4 is 33.2 Å². The first kappa shape index (κ1) is 20.1. The Hall–Kier alpha value is -4.30. The SMILES string of the molecule is CC1(C)c2ccccc2-c2c(Nc3ccc(-n4c5ccccc5c5ccccc54)cc3)cccc21. The van der Waals surface area contributed by atoms with E-state index in [1.165, 1.54) is 44.1 Å². The van der Waals surface area contributed by atoms with E-state index in [0.29, 0.717) is 0 Å². The first-order valence-corrected chi connectivity index (χ1v) is 12.2. The lowest BCUT2D eigenvalue weighted by atomic mass is 9.82. The third kappa shape index (κ3) is 2.90. The van der Waals surface area contributed by atoms with Crippen LogP contribution >= 0.6 is 0 Å². The monoisotopic (exact) mass is 450 g/mol. The van der Waals surface area contributed by atoms with E-state index in [0.717, 1.165) is 17.1 Å². The maximum absolute atomic E-state index is 3.72. The molecular weight excluding hydrogens is 424 g/mol. The minimum atomic E-state index is 0.00398. The smallest absolute Gasteiger partial charge is 0.0541 e. The topological polar surface area (TPSA) is 17.0 Å². The first-order chi connectivity index (χ1) is 17.1. The van der Waals surface area contributed by atoms with Crippen molar-refractivity contribution < 1.29 is 0 Å². The largest absolute Gasteiger partial charge is 0.355 e. The molecule has 0 amide bonds. The van der Waals surface area contributed by atoms with Crippen LogP contribution in [-0.2, 0) is 5.41 Å². The molecule has 0 radical (unpaired) electrons. The average Bonchev–Trinajstić information content (AvgIpc) is 3.35. The van der Waals surface area contributed by atoms with Crippen LogP contribution in [0.3, 0.4) is 0 Å². The summed E-state index contributed by atoms with van der Waals surface area (Å²) < 4.78 is 2.35. The highest BCUT2D eigenvalue weighted by Crippen LogP contribution is 2.51. The number of rotatable bonds is 3. The quantitative estimate of drug-likeness (QED) is 0.285. The summed E-state index contributed by atoms with van der Waals surface area (Å²) in [5.41, 5.74) is 11.3. The number of fused-ring (bicyclic) bond motifs is 6. The zero-order valence-electron chi connectivity index (χ0n) is 19.9. The number of anilines is 2. The van der Waals surface area contributed by atoms with Crippen LogP contribution < -0.4 is 5.32 Å². The molecule has 1 N–H and O–H groups in total. The summed E-state index contributed by atoms with van der Waals surface area (Å²) >= 11 is 0. The second-order valence-electron chi connectivity index (χ2n) is 9.94. The Morgan fingerprint density at radius 1 is 0.571 bits per heavy atom. The van der Waals surface area contributed by atoms with Crippen LogP contribution in [0.4, 0.5) is 11.4 Å². The normalized spacial score (nSPS) is 13.7. The molecule has 0 atom stereocenters. The Labute approximate surface area is 205 Å². The average molecular weight is 451 g/mol. The number of aromatic nitrogens is 1. The van der Waals surface area contributed by atoms with Gasteiger partial charge >= 0.3 is 0 Å². The summed E-state index contributed by atoms with van der Waals surface area (Å²) in [6.45, 7) is 4.64. The molecule has 6 aromatic rings. The van der Waals surface area contributed by atoms with E-state index in [9.17, 15) is 0 Å². The Balaban J connectivity index is 1.30. The minimum absolute atomic E-state index is 0.00398. The lowest BCUT2D eigenvalue weighted by molar-refractivity contribution is 0.660. The van der Waals surface area contributed by atoms with Crippen LogP contribution in [0.25, 0.3) is 38.6 Å². The minimum Gasteiger partial charge on any atom is -0.355 e. The fourth-order valence-electron chi connectivity index (χ4n) is 5.91. The van der Waals surface area contributed by atoms with Crippen molar-refractivity contribution in [3.8, 4) is 16.8 Å². The van der Waals surface area contributed by atoms with E-state index >= 15 is 0 Å². The van der Waals surface area contributed by atoms with E-state index in [1.807, 2.05) is 0 Å². The van der Waals surface area contributed by atoms with Gasteiger partial charge < -0.3 is 9.88 Å². The molecule has 1 aliphatic rings. The number of nitrogens with one attached hydrogen (secondary N) is 1. The van der Waals surface area contributed by atoms with Gasteiger partial charge in [-0.15, -0.1) is 0 Å². The number of hydrogen-bond donors (Lipinski definition) is 1. The van der Waals surface area contributed by atoms with E-state index < -0.39 is 0 Å². The van der Waals surface area contributed by atoms with Gasteiger partial charge in [-0.05, 0) is 59.2 Å². The van der Waals surface area contributed by atoms with Crippen molar-refractivity contribution in [1.29, 1.82) is 0 Å². The van der Waals surface area contributed by atoms with Gasteiger partial charge in [0.1, 0.15) is 0 Å². The first-order valence-electron chi connectivity index (χ1n) is 12.2. The number of para-hydroxylation sites is 2.